The molecule has 1 aromatic carbocycles. The minimum Gasteiger partial charge on any atom is -0.512 e. The largest absolute Gasteiger partial charge is 0.512 e. The van der Waals surface area contributed by atoms with Crippen molar-refractivity contribution in [1.82, 2.24) is 19.6 Å². The second-order valence-corrected chi connectivity index (χ2v) is 10.7. The smallest absolute Gasteiger partial charge is 0.393 e. The number of fused-ring (bicyclic) bond motifs is 1. The summed E-state index contributed by atoms with van der Waals surface area (Å²) in [5.74, 6) is -0.331. The number of cyclic esters (lactones) is 1. The van der Waals surface area contributed by atoms with Crippen LogP contribution in [0.2, 0.25) is 0 Å². The molecular formula is C28H31F3N4O4. The van der Waals surface area contributed by atoms with Gasteiger partial charge in [0.25, 0.3) is 5.78 Å². The lowest BCUT2D eigenvalue weighted by Gasteiger charge is -2.41. The van der Waals surface area contributed by atoms with Crippen molar-refractivity contribution in [2.24, 2.45) is 5.92 Å². The van der Waals surface area contributed by atoms with Gasteiger partial charge in [0.1, 0.15) is 17.1 Å². The van der Waals surface area contributed by atoms with E-state index in [0.29, 0.717) is 30.0 Å². The molecule has 0 spiro atoms. The molecule has 208 valence electrons. The van der Waals surface area contributed by atoms with Gasteiger partial charge in [0, 0.05) is 29.8 Å². The van der Waals surface area contributed by atoms with Crippen molar-refractivity contribution in [3.63, 3.8) is 0 Å². The SMILES string of the molecule is Cc1cc(C)n2nc(CC3=C(O)CC(CCc4ccc(O)c(CC(F)(F)F)c4)(C4CCCC4)OC3=O)nc2n1. The van der Waals surface area contributed by atoms with E-state index in [1.165, 1.54) is 12.1 Å². The maximum Gasteiger partial charge on any atom is 0.393 e. The third-order valence-electron chi connectivity index (χ3n) is 7.83. The second kappa shape index (κ2) is 10.2. The first kappa shape index (κ1) is 27.0. The number of ether oxygens (including phenoxy) is 1. The number of alkyl halides is 3. The lowest BCUT2D eigenvalue weighted by Crippen LogP contribution is -2.46. The predicted molar refractivity (Wildman–Crippen MR) is 135 cm³/mol. The average Bonchev–Trinajstić information content (AvgIpc) is 3.52. The van der Waals surface area contributed by atoms with Gasteiger partial charge in [-0.1, -0.05) is 25.0 Å². The number of halogens is 3. The minimum absolute atomic E-state index is 0.00791. The second-order valence-electron chi connectivity index (χ2n) is 10.7. The number of benzene rings is 1. The Morgan fingerprint density at radius 3 is 2.56 bits per heavy atom. The highest BCUT2D eigenvalue weighted by atomic mass is 19.4. The minimum atomic E-state index is -4.45. The highest BCUT2D eigenvalue weighted by Gasteiger charge is 2.48. The third-order valence-corrected chi connectivity index (χ3v) is 7.83. The van der Waals surface area contributed by atoms with Crippen molar-refractivity contribution in [1.29, 1.82) is 0 Å². The first-order valence-electron chi connectivity index (χ1n) is 13.1. The van der Waals surface area contributed by atoms with Crippen molar-refractivity contribution >= 4 is 11.7 Å². The molecular weight excluding hydrogens is 513 g/mol. The van der Waals surface area contributed by atoms with Gasteiger partial charge in [-0.15, -0.1) is 5.10 Å². The molecule has 0 amide bonds. The molecule has 3 heterocycles. The van der Waals surface area contributed by atoms with E-state index >= 15 is 0 Å². The Balaban J connectivity index is 1.39. The van der Waals surface area contributed by atoms with Crippen LogP contribution in [0.3, 0.4) is 0 Å². The van der Waals surface area contributed by atoms with E-state index in [1.807, 2.05) is 19.9 Å². The Morgan fingerprint density at radius 1 is 1.13 bits per heavy atom. The molecule has 1 aliphatic carbocycles. The summed E-state index contributed by atoms with van der Waals surface area (Å²) < 4.78 is 46.6. The number of nitrogens with zero attached hydrogens (tertiary/aromatic N) is 4. The lowest BCUT2D eigenvalue weighted by atomic mass is 9.76. The molecule has 39 heavy (non-hydrogen) atoms. The molecule has 5 rings (SSSR count). The molecule has 2 aliphatic rings. The van der Waals surface area contributed by atoms with Gasteiger partial charge in [0.15, 0.2) is 5.82 Å². The summed E-state index contributed by atoms with van der Waals surface area (Å²) in [4.78, 5) is 22.1. The number of carbonyl (C=O) groups is 1. The molecule has 2 aromatic heterocycles. The van der Waals surface area contributed by atoms with Gasteiger partial charge in [0.05, 0.1) is 12.0 Å². The van der Waals surface area contributed by atoms with Crippen LogP contribution in [0.4, 0.5) is 13.2 Å². The molecule has 11 heteroatoms. The molecule has 0 radical (unpaired) electrons. The van der Waals surface area contributed by atoms with Crippen molar-refractivity contribution < 1.29 is 32.9 Å². The Kier molecular flexibility index (Phi) is 7.02. The summed E-state index contributed by atoms with van der Waals surface area (Å²) in [5.41, 5.74) is 1.17. The molecule has 2 N–H and O–H groups in total. The summed E-state index contributed by atoms with van der Waals surface area (Å²) in [6.45, 7) is 3.73. The van der Waals surface area contributed by atoms with Crippen LogP contribution < -0.4 is 0 Å². The molecule has 1 saturated carbocycles. The number of hydrogen-bond acceptors (Lipinski definition) is 7. The van der Waals surface area contributed by atoms with Crippen molar-refractivity contribution in [2.45, 2.75) is 83.4 Å². The van der Waals surface area contributed by atoms with Crippen molar-refractivity contribution in [2.75, 3.05) is 0 Å². The number of aliphatic hydroxyl groups excluding tert-OH is 1. The predicted octanol–water partition coefficient (Wildman–Crippen LogP) is 5.41. The molecule has 1 unspecified atom stereocenters. The van der Waals surface area contributed by atoms with E-state index in [9.17, 15) is 28.2 Å². The van der Waals surface area contributed by atoms with Crippen LogP contribution in [0.15, 0.2) is 35.6 Å². The number of aromatic nitrogens is 4. The fourth-order valence-electron chi connectivity index (χ4n) is 5.94. The van der Waals surface area contributed by atoms with Gasteiger partial charge in [0.2, 0.25) is 0 Å². The number of aliphatic hydroxyl groups is 1. The summed E-state index contributed by atoms with van der Waals surface area (Å²) in [6.07, 6.45) is -1.26. The molecule has 1 fully saturated rings. The zero-order chi connectivity index (χ0) is 27.9. The zero-order valence-corrected chi connectivity index (χ0v) is 21.9. The standard InChI is InChI=1S/C28H31F3N4O4/c1-16-11-17(2)35-26(32-16)33-24(34-35)13-21-23(37)15-27(39-25(21)38,20-5-3-4-6-20)10-9-18-7-8-22(36)19(12-18)14-28(29,30)31/h7-8,11-12,20,36-37H,3-6,9-10,13-15H2,1-2H3. The summed E-state index contributed by atoms with van der Waals surface area (Å²) in [5, 5.41) is 25.5. The fraction of sp³-hybridized carbons (Fsp3) is 0.500. The van der Waals surface area contributed by atoms with E-state index in [0.717, 1.165) is 37.1 Å². The van der Waals surface area contributed by atoms with Crippen LogP contribution in [0.5, 0.6) is 5.75 Å². The van der Waals surface area contributed by atoms with Crippen molar-refractivity contribution in [3.8, 4) is 5.75 Å². The maximum absolute atomic E-state index is 13.3. The van der Waals surface area contributed by atoms with Gasteiger partial charge in [-0.25, -0.2) is 14.3 Å². The van der Waals surface area contributed by atoms with Gasteiger partial charge in [-0.3, -0.25) is 0 Å². The fourth-order valence-corrected chi connectivity index (χ4v) is 5.94. The highest BCUT2D eigenvalue weighted by molar-refractivity contribution is 5.90. The Hall–Kier alpha value is -3.63. The monoisotopic (exact) mass is 544 g/mol. The molecule has 3 aromatic rings. The summed E-state index contributed by atoms with van der Waals surface area (Å²) in [6, 6.07) is 6.06. The summed E-state index contributed by atoms with van der Waals surface area (Å²) >= 11 is 0. The van der Waals surface area contributed by atoms with Gasteiger partial charge < -0.3 is 14.9 Å². The van der Waals surface area contributed by atoms with Crippen LogP contribution in [0.25, 0.3) is 5.78 Å². The molecule has 1 atom stereocenters. The topological polar surface area (TPSA) is 110 Å². The maximum atomic E-state index is 13.3. The Morgan fingerprint density at radius 2 is 1.87 bits per heavy atom. The number of phenols is 1. The number of esters is 1. The Bertz CT molecular complexity index is 1440. The van der Waals surface area contributed by atoms with Crippen LogP contribution in [0, 0.1) is 19.8 Å². The average molecular weight is 545 g/mol. The van der Waals surface area contributed by atoms with Gasteiger partial charge in [-0.2, -0.15) is 18.2 Å². The van der Waals surface area contributed by atoms with E-state index in [4.69, 9.17) is 4.74 Å². The van der Waals surface area contributed by atoms with Crippen LogP contribution in [0.1, 0.15) is 66.9 Å². The molecule has 8 nitrogen and oxygen atoms in total. The van der Waals surface area contributed by atoms with Crippen LogP contribution >= 0.6 is 0 Å². The highest BCUT2D eigenvalue weighted by Crippen LogP contribution is 2.46. The Labute approximate surface area is 223 Å². The number of hydrogen-bond donors (Lipinski definition) is 2. The van der Waals surface area contributed by atoms with E-state index in [2.05, 4.69) is 15.1 Å². The number of aromatic hydroxyl groups is 1. The van der Waals surface area contributed by atoms with Crippen LogP contribution in [-0.4, -0.2) is 47.5 Å². The number of aryl methyl sites for hydroxylation is 3. The molecule has 1 aliphatic heterocycles. The number of carbonyl (C=O) groups excluding carboxylic acids is 1. The number of rotatable bonds is 7. The van der Waals surface area contributed by atoms with Gasteiger partial charge >= 0.3 is 12.1 Å². The first-order valence-corrected chi connectivity index (χ1v) is 13.1. The lowest BCUT2D eigenvalue weighted by molar-refractivity contribution is -0.167. The summed E-state index contributed by atoms with van der Waals surface area (Å²) in [7, 11) is 0. The van der Waals surface area contributed by atoms with Gasteiger partial charge in [-0.05, 0) is 63.1 Å². The molecule has 0 saturated heterocycles. The first-order chi connectivity index (χ1) is 18.4. The zero-order valence-electron chi connectivity index (χ0n) is 21.9. The quantitative estimate of drug-likeness (QED) is 0.383. The van der Waals surface area contributed by atoms with Crippen LogP contribution in [-0.2, 0) is 28.8 Å². The third kappa shape index (κ3) is 5.72. The van der Waals surface area contributed by atoms with E-state index in [-0.39, 0.29) is 35.7 Å². The molecule has 0 bridgehead atoms. The number of phenolic OH excluding ortho intramolecular Hbond substituents is 1. The van der Waals surface area contributed by atoms with Crippen molar-refractivity contribution in [3.05, 3.63) is 63.9 Å². The van der Waals surface area contributed by atoms with E-state index in [1.54, 1.807) is 10.6 Å². The van der Waals surface area contributed by atoms with E-state index < -0.39 is 29.9 Å². The normalized spacial score (nSPS) is 20.7.